The molecule has 2 atom stereocenters. The summed E-state index contributed by atoms with van der Waals surface area (Å²) in [5, 5.41) is 5.42. The Bertz CT molecular complexity index is 672. The molecule has 0 aromatic rings. The highest BCUT2D eigenvalue weighted by Gasteiger charge is 2.33. The lowest BCUT2D eigenvalue weighted by atomic mass is 9.84. The largest absolute Gasteiger partial charge is 0.449 e. The molecule has 0 bridgehead atoms. The van der Waals surface area contributed by atoms with Crippen LogP contribution in [0.4, 0.5) is 4.79 Å². The van der Waals surface area contributed by atoms with E-state index in [1.165, 1.54) is 13.5 Å². The van der Waals surface area contributed by atoms with Crippen LogP contribution in [0.3, 0.4) is 0 Å². The van der Waals surface area contributed by atoms with Crippen LogP contribution >= 0.6 is 0 Å². The van der Waals surface area contributed by atoms with Crippen molar-refractivity contribution < 1.29 is 28.8 Å². The topological polar surface area (TPSA) is 123 Å². The lowest BCUT2D eigenvalue weighted by Crippen LogP contribution is -2.54. The highest BCUT2D eigenvalue weighted by atomic mass is 16.6. The van der Waals surface area contributed by atoms with E-state index >= 15 is 0 Å². The average Bonchev–Trinajstić information content (AvgIpc) is 2.82. The maximum Gasteiger partial charge on any atom is 0.407 e. The third kappa shape index (κ3) is 9.99. The van der Waals surface area contributed by atoms with E-state index in [-0.39, 0.29) is 11.8 Å². The molecule has 3 amide bonds. The minimum atomic E-state index is -0.972. The van der Waals surface area contributed by atoms with Gasteiger partial charge in [0.05, 0.1) is 19.8 Å². The van der Waals surface area contributed by atoms with Crippen molar-refractivity contribution in [2.24, 2.45) is 17.8 Å². The molecule has 34 heavy (non-hydrogen) atoms. The zero-order chi connectivity index (χ0) is 24.9. The smallest absolute Gasteiger partial charge is 0.407 e. The highest BCUT2D eigenvalue weighted by Crippen LogP contribution is 2.28. The van der Waals surface area contributed by atoms with Crippen LogP contribution in [0, 0.1) is 17.8 Å². The second kappa shape index (κ2) is 15.0. The first-order chi connectivity index (χ1) is 16.3. The first-order valence-electron chi connectivity index (χ1n) is 12.9. The van der Waals surface area contributed by atoms with Gasteiger partial charge in [-0.3, -0.25) is 19.2 Å². The predicted octanol–water partition coefficient (Wildman–Crippen LogP) is 3.41. The number of ether oxygens (including phenoxy) is 1. The van der Waals surface area contributed by atoms with E-state index in [4.69, 9.17) is 4.74 Å². The number of rotatable bonds is 12. The molecule has 3 N–H and O–H groups in total. The lowest BCUT2D eigenvalue weighted by molar-refractivity contribution is -0.146. The number of ketones is 1. The number of alkyl carbamates (subject to hydrolysis) is 1. The number of Topliss-reactive ketones (excluding diaryl/α,β-unsaturated/α-hetero) is 1. The molecule has 9 nitrogen and oxygen atoms in total. The van der Waals surface area contributed by atoms with Crippen molar-refractivity contribution in [3.8, 4) is 0 Å². The molecule has 2 aliphatic rings. The Morgan fingerprint density at radius 2 is 1.41 bits per heavy atom. The number of nitrogens with one attached hydrogen (secondary N) is 3. The van der Waals surface area contributed by atoms with Crippen LogP contribution in [0.15, 0.2) is 0 Å². The molecule has 0 aromatic carbocycles. The summed E-state index contributed by atoms with van der Waals surface area (Å²) in [6.07, 6.45) is 11.0. The fourth-order valence-electron chi connectivity index (χ4n) is 5.00. The highest BCUT2D eigenvalue weighted by molar-refractivity contribution is 6.38. The molecule has 2 fully saturated rings. The Kier molecular flexibility index (Phi) is 12.4. The van der Waals surface area contributed by atoms with Crippen molar-refractivity contribution in [1.82, 2.24) is 16.1 Å². The zero-order valence-corrected chi connectivity index (χ0v) is 21.0. The lowest BCUT2D eigenvalue weighted by Gasteiger charge is -2.28. The SMILES string of the molecule is CONC(=O)C(=O)[C@H](CC1CCCCC1)NC(=O)[C@H](CC(C)C)NC(=O)OCC1CCCCC1. The van der Waals surface area contributed by atoms with Gasteiger partial charge in [0.2, 0.25) is 11.7 Å². The molecule has 9 heteroatoms. The Balaban J connectivity index is 2.00. The van der Waals surface area contributed by atoms with Gasteiger partial charge in [-0.05, 0) is 43.4 Å². The molecule has 0 spiro atoms. The number of hydroxylamine groups is 1. The monoisotopic (exact) mass is 481 g/mol. The summed E-state index contributed by atoms with van der Waals surface area (Å²) in [6, 6.07) is -1.83. The third-order valence-electron chi connectivity index (χ3n) is 6.84. The van der Waals surface area contributed by atoms with E-state index in [1.54, 1.807) is 0 Å². The minimum Gasteiger partial charge on any atom is -0.449 e. The molecule has 0 aromatic heterocycles. The Morgan fingerprint density at radius 3 is 1.97 bits per heavy atom. The van der Waals surface area contributed by atoms with E-state index in [0.29, 0.717) is 25.4 Å². The second-order valence-electron chi connectivity index (χ2n) is 10.2. The van der Waals surface area contributed by atoms with Crippen LogP contribution in [0.1, 0.15) is 90.9 Å². The summed E-state index contributed by atoms with van der Waals surface area (Å²) in [6.45, 7) is 4.25. The van der Waals surface area contributed by atoms with Crippen LogP contribution in [-0.4, -0.2) is 49.5 Å². The van der Waals surface area contributed by atoms with Crippen LogP contribution in [0.2, 0.25) is 0 Å². The first kappa shape index (κ1) is 28.1. The number of carbonyl (C=O) groups excluding carboxylic acids is 4. The van der Waals surface area contributed by atoms with Crippen molar-refractivity contribution in [2.45, 2.75) is 103 Å². The van der Waals surface area contributed by atoms with Crippen molar-refractivity contribution in [2.75, 3.05) is 13.7 Å². The van der Waals surface area contributed by atoms with Crippen molar-refractivity contribution in [3.05, 3.63) is 0 Å². The van der Waals surface area contributed by atoms with Gasteiger partial charge in [0, 0.05) is 0 Å². The Hall–Kier alpha value is -2.16. The fourth-order valence-corrected chi connectivity index (χ4v) is 5.00. The van der Waals surface area contributed by atoms with Crippen molar-refractivity contribution >= 4 is 23.7 Å². The van der Waals surface area contributed by atoms with E-state index < -0.39 is 35.8 Å². The summed E-state index contributed by atoms with van der Waals surface area (Å²) >= 11 is 0. The van der Waals surface area contributed by atoms with Crippen LogP contribution in [-0.2, 0) is 24.0 Å². The summed E-state index contributed by atoms with van der Waals surface area (Å²) < 4.78 is 5.41. The van der Waals surface area contributed by atoms with Gasteiger partial charge in [-0.15, -0.1) is 0 Å². The third-order valence-corrected chi connectivity index (χ3v) is 6.84. The molecule has 0 aliphatic heterocycles. The molecule has 0 radical (unpaired) electrons. The molecule has 2 saturated carbocycles. The van der Waals surface area contributed by atoms with Gasteiger partial charge in [-0.1, -0.05) is 65.2 Å². The second-order valence-corrected chi connectivity index (χ2v) is 10.2. The predicted molar refractivity (Wildman–Crippen MR) is 128 cm³/mol. The number of hydrogen-bond acceptors (Lipinski definition) is 6. The van der Waals surface area contributed by atoms with Gasteiger partial charge in [-0.2, -0.15) is 0 Å². The van der Waals surface area contributed by atoms with Gasteiger partial charge in [0.15, 0.2) is 0 Å². The average molecular weight is 482 g/mol. The van der Waals surface area contributed by atoms with Gasteiger partial charge in [0.1, 0.15) is 6.04 Å². The zero-order valence-electron chi connectivity index (χ0n) is 21.0. The van der Waals surface area contributed by atoms with E-state index in [2.05, 4.69) is 15.5 Å². The molecule has 0 heterocycles. The maximum atomic E-state index is 13.2. The number of amides is 3. The summed E-state index contributed by atoms with van der Waals surface area (Å²) in [5.41, 5.74) is 2.05. The number of carbonyl (C=O) groups is 4. The number of hydrogen-bond donors (Lipinski definition) is 3. The van der Waals surface area contributed by atoms with Crippen LogP contribution in [0.25, 0.3) is 0 Å². The summed E-state index contributed by atoms with van der Waals surface area (Å²) in [7, 11) is 1.25. The summed E-state index contributed by atoms with van der Waals surface area (Å²) in [4.78, 5) is 55.1. The van der Waals surface area contributed by atoms with Crippen LogP contribution < -0.4 is 16.1 Å². The molecule has 2 aliphatic carbocycles. The van der Waals surface area contributed by atoms with Crippen molar-refractivity contribution in [1.29, 1.82) is 0 Å². The van der Waals surface area contributed by atoms with Gasteiger partial charge in [-0.25, -0.2) is 10.3 Å². The Labute approximate surface area is 203 Å². The standard InChI is InChI=1S/C25H43N3O6/c1-17(2)14-21(27-25(32)34-16-19-12-8-5-9-13-19)23(30)26-20(22(29)24(31)28-33-3)15-18-10-6-4-7-11-18/h17-21H,4-16H2,1-3H3,(H,26,30)(H,27,32)(H,28,31)/t20-,21-/m0/s1. The molecular weight excluding hydrogens is 438 g/mol. The molecule has 2 rings (SSSR count). The molecule has 0 saturated heterocycles. The van der Waals surface area contributed by atoms with E-state index in [9.17, 15) is 19.2 Å². The van der Waals surface area contributed by atoms with Gasteiger partial charge < -0.3 is 15.4 Å². The molecule has 0 unspecified atom stereocenters. The molecule has 194 valence electrons. The normalized spacial score (nSPS) is 19.2. The Morgan fingerprint density at radius 1 is 0.824 bits per heavy atom. The summed E-state index contributed by atoms with van der Waals surface area (Å²) in [5.74, 6) is -1.38. The van der Waals surface area contributed by atoms with Crippen molar-refractivity contribution in [3.63, 3.8) is 0 Å². The van der Waals surface area contributed by atoms with E-state index in [1.807, 2.05) is 19.3 Å². The maximum absolute atomic E-state index is 13.2. The van der Waals surface area contributed by atoms with Crippen LogP contribution in [0.5, 0.6) is 0 Å². The quantitative estimate of drug-likeness (QED) is 0.290. The van der Waals surface area contributed by atoms with E-state index in [0.717, 1.165) is 57.8 Å². The molecular formula is C25H43N3O6. The van der Waals surface area contributed by atoms with Gasteiger partial charge in [0.25, 0.3) is 0 Å². The van der Waals surface area contributed by atoms with Gasteiger partial charge >= 0.3 is 12.0 Å². The minimum absolute atomic E-state index is 0.124. The fraction of sp³-hybridized carbons (Fsp3) is 0.840. The first-order valence-corrected chi connectivity index (χ1v) is 12.9.